The van der Waals surface area contributed by atoms with E-state index in [0.29, 0.717) is 6.42 Å². The van der Waals surface area contributed by atoms with Crippen molar-refractivity contribution in [1.82, 2.24) is 0 Å². The number of rotatable bonds is 2. The molecular weight excluding hydrogens is 179 g/mol. The summed E-state index contributed by atoms with van der Waals surface area (Å²) in [5, 5.41) is -2.28. The molecule has 10 heavy (non-hydrogen) atoms. The van der Waals surface area contributed by atoms with Crippen molar-refractivity contribution in [1.29, 1.82) is 0 Å². The quantitative estimate of drug-likeness (QED) is 0.367. The first-order chi connectivity index (χ1) is 4.56. The molecule has 0 fully saturated rings. The molecule has 5 heteroatoms. The highest BCUT2D eigenvalue weighted by Gasteiger charge is 2.01. The fourth-order valence-electron chi connectivity index (χ4n) is 0. The summed E-state index contributed by atoms with van der Waals surface area (Å²) in [5.74, 6) is 0. The minimum Gasteiger partial charge on any atom is -0.303 e. The van der Waals surface area contributed by atoms with Crippen LogP contribution in [0.25, 0.3) is 0 Å². The fraction of sp³-hybridized carbons (Fsp3) is 0.400. The van der Waals surface area contributed by atoms with E-state index in [1.54, 1.807) is 0 Å². The van der Waals surface area contributed by atoms with Gasteiger partial charge in [-0.2, -0.15) is 0 Å². The second-order valence-corrected chi connectivity index (χ2v) is 1.81. The normalized spacial score (nSPS) is 7.10. The molecule has 0 heterocycles. The number of carbonyl (C=O) groups excluding carboxylic acids is 3. The maximum absolute atomic E-state index is 9.43. The Morgan fingerprint density at radius 2 is 1.50 bits per heavy atom. The third kappa shape index (κ3) is 15.6. The molecule has 0 aromatic carbocycles. The zero-order valence-electron chi connectivity index (χ0n) is 5.27. The van der Waals surface area contributed by atoms with E-state index in [0.717, 1.165) is 6.29 Å². The lowest BCUT2D eigenvalue weighted by atomic mass is 10.6. The van der Waals surface area contributed by atoms with E-state index in [9.17, 15) is 14.4 Å². The summed E-state index contributed by atoms with van der Waals surface area (Å²) < 4.78 is 0. The van der Waals surface area contributed by atoms with Crippen molar-refractivity contribution in [2.75, 3.05) is 0 Å². The van der Waals surface area contributed by atoms with Crippen LogP contribution in [-0.4, -0.2) is 16.8 Å². The molecular formula is C5H6Cl2O3. The molecule has 0 N–H and O–H groups in total. The van der Waals surface area contributed by atoms with Gasteiger partial charge in [0, 0.05) is 6.42 Å². The van der Waals surface area contributed by atoms with Gasteiger partial charge in [0.05, 0.1) is 0 Å². The van der Waals surface area contributed by atoms with Crippen LogP contribution in [0, 0.1) is 0 Å². The highest BCUT2D eigenvalue weighted by molar-refractivity contribution is 6.97. The van der Waals surface area contributed by atoms with Gasteiger partial charge in [-0.05, 0) is 23.2 Å². The Hall–Kier alpha value is -0.410. The minimum absolute atomic E-state index is 0.639. The van der Waals surface area contributed by atoms with Crippen LogP contribution in [0.1, 0.15) is 13.3 Å². The average Bonchev–Trinajstić information content (AvgIpc) is 1.89. The summed E-state index contributed by atoms with van der Waals surface area (Å²) in [6.07, 6.45) is 1.51. The van der Waals surface area contributed by atoms with Gasteiger partial charge in [0.2, 0.25) is 0 Å². The van der Waals surface area contributed by atoms with Gasteiger partial charge >= 0.3 is 10.5 Å². The van der Waals surface area contributed by atoms with E-state index in [1.165, 1.54) is 0 Å². The van der Waals surface area contributed by atoms with Crippen molar-refractivity contribution in [3.63, 3.8) is 0 Å². The lowest BCUT2D eigenvalue weighted by Crippen LogP contribution is -1.94. The molecule has 0 aliphatic rings. The standard InChI is InChI=1S/C3H6O.C2Cl2O2/c1-2-3-4;3-1(5)2(4)6/h3H,2H2,1H3;. The second-order valence-electron chi connectivity index (χ2n) is 1.12. The molecule has 0 aliphatic heterocycles. The second kappa shape index (κ2) is 8.59. The van der Waals surface area contributed by atoms with Crippen LogP contribution in [0.3, 0.4) is 0 Å². The number of hydrogen-bond acceptors (Lipinski definition) is 3. The monoisotopic (exact) mass is 184 g/mol. The fourth-order valence-corrected chi connectivity index (χ4v) is 0. The zero-order valence-corrected chi connectivity index (χ0v) is 6.78. The molecule has 0 radical (unpaired) electrons. The van der Waals surface area contributed by atoms with Crippen LogP contribution in [0.15, 0.2) is 0 Å². The summed E-state index contributed by atoms with van der Waals surface area (Å²) in [4.78, 5) is 28.0. The molecule has 58 valence electrons. The van der Waals surface area contributed by atoms with E-state index in [1.807, 2.05) is 6.92 Å². The molecule has 0 bridgehead atoms. The summed E-state index contributed by atoms with van der Waals surface area (Å²) in [6.45, 7) is 1.81. The highest BCUT2D eigenvalue weighted by atomic mass is 35.5. The summed E-state index contributed by atoms with van der Waals surface area (Å²) in [7, 11) is 0. The molecule has 0 aromatic rings. The SMILES string of the molecule is CCC=O.O=C(Cl)C(=O)Cl. The smallest absolute Gasteiger partial charge is 0.303 e. The van der Waals surface area contributed by atoms with E-state index < -0.39 is 10.5 Å². The maximum Gasteiger partial charge on any atom is 0.304 e. The number of hydrogen-bond donors (Lipinski definition) is 0. The maximum atomic E-state index is 9.43. The predicted octanol–water partition coefficient (Wildman–Crippen LogP) is 1.11. The van der Waals surface area contributed by atoms with Crippen LogP contribution in [0.5, 0.6) is 0 Å². The lowest BCUT2D eigenvalue weighted by Gasteiger charge is -1.67. The van der Waals surface area contributed by atoms with Gasteiger partial charge in [0.25, 0.3) is 0 Å². The Labute approximate surface area is 68.3 Å². The van der Waals surface area contributed by atoms with Gasteiger partial charge in [-0.25, -0.2) is 0 Å². The molecule has 0 amide bonds. The summed E-state index contributed by atoms with van der Waals surface area (Å²) >= 11 is 8.98. The van der Waals surface area contributed by atoms with Crippen molar-refractivity contribution < 1.29 is 14.4 Å². The van der Waals surface area contributed by atoms with Gasteiger partial charge < -0.3 is 4.79 Å². The Bertz CT molecular complexity index is 121. The first-order valence-corrected chi connectivity index (χ1v) is 3.14. The molecule has 0 saturated heterocycles. The van der Waals surface area contributed by atoms with Crippen molar-refractivity contribution in [2.24, 2.45) is 0 Å². The molecule has 0 aliphatic carbocycles. The van der Waals surface area contributed by atoms with Crippen LogP contribution in [0.2, 0.25) is 0 Å². The Morgan fingerprint density at radius 1 is 1.30 bits per heavy atom. The first-order valence-electron chi connectivity index (χ1n) is 2.39. The first kappa shape index (κ1) is 12.3. The number of carbonyl (C=O) groups is 3. The minimum atomic E-state index is -1.14. The molecule has 0 spiro atoms. The van der Waals surface area contributed by atoms with Crippen molar-refractivity contribution in [3.8, 4) is 0 Å². The van der Waals surface area contributed by atoms with E-state index in [4.69, 9.17) is 0 Å². The van der Waals surface area contributed by atoms with Crippen LogP contribution >= 0.6 is 23.2 Å². The van der Waals surface area contributed by atoms with Crippen molar-refractivity contribution >= 4 is 40.0 Å². The molecule has 3 nitrogen and oxygen atoms in total. The van der Waals surface area contributed by atoms with Crippen molar-refractivity contribution in [2.45, 2.75) is 13.3 Å². The Morgan fingerprint density at radius 3 is 1.50 bits per heavy atom. The zero-order chi connectivity index (χ0) is 8.57. The number of aldehydes is 1. The molecule has 0 unspecified atom stereocenters. The highest BCUT2D eigenvalue weighted by Crippen LogP contribution is 1.84. The third-order valence-electron chi connectivity index (χ3n) is 0.321. The summed E-state index contributed by atoms with van der Waals surface area (Å²) in [6, 6.07) is 0. The molecule has 0 rings (SSSR count). The van der Waals surface area contributed by atoms with Crippen molar-refractivity contribution in [3.05, 3.63) is 0 Å². The van der Waals surface area contributed by atoms with Crippen LogP contribution in [0.4, 0.5) is 0 Å². The molecule has 0 atom stereocenters. The Balaban J connectivity index is 0. The predicted molar refractivity (Wildman–Crippen MR) is 38.1 cm³/mol. The van der Waals surface area contributed by atoms with Gasteiger partial charge in [0.15, 0.2) is 0 Å². The lowest BCUT2D eigenvalue weighted by molar-refractivity contribution is -0.127. The largest absolute Gasteiger partial charge is 0.304 e. The van der Waals surface area contributed by atoms with E-state index in [-0.39, 0.29) is 0 Å². The molecule has 0 aromatic heterocycles. The van der Waals surface area contributed by atoms with Gasteiger partial charge in [-0.3, -0.25) is 9.59 Å². The van der Waals surface area contributed by atoms with Gasteiger partial charge in [-0.1, -0.05) is 6.92 Å². The summed E-state index contributed by atoms with van der Waals surface area (Å²) in [5.41, 5.74) is 0. The average molecular weight is 185 g/mol. The van der Waals surface area contributed by atoms with E-state index in [2.05, 4.69) is 23.2 Å². The molecule has 0 saturated carbocycles. The Kier molecular flexibility index (Phi) is 10.6. The van der Waals surface area contributed by atoms with Gasteiger partial charge in [0.1, 0.15) is 6.29 Å². The number of halogens is 2. The van der Waals surface area contributed by atoms with Gasteiger partial charge in [-0.15, -0.1) is 0 Å². The van der Waals surface area contributed by atoms with E-state index >= 15 is 0 Å². The van der Waals surface area contributed by atoms with Crippen LogP contribution < -0.4 is 0 Å². The topological polar surface area (TPSA) is 51.2 Å². The van der Waals surface area contributed by atoms with Crippen LogP contribution in [-0.2, 0) is 14.4 Å². The third-order valence-corrected chi connectivity index (χ3v) is 0.761.